The van der Waals surface area contributed by atoms with Crippen LogP contribution in [0, 0.1) is 17.2 Å². The molecule has 0 unspecified atom stereocenters. The van der Waals surface area contributed by atoms with Crippen LogP contribution in [-0.2, 0) is 4.79 Å². The van der Waals surface area contributed by atoms with Crippen LogP contribution in [-0.4, -0.2) is 42.0 Å². The maximum absolute atomic E-state index is 12.3. The van der Waals surface area contributed by atoms with Crippen molar-refractivity contribution >= 4 is 11.8 Å². The molecule has 1 saturated carbocycles. The second-order valence-electron chi connectivity index (χ2n) is 6.20. The molecule has 2 aromatic rings. The fourth-order valence-corrected chi connectivity index (χ4v) is 3.15. The molecule has 2 fully saturated rings. The van der Waals surface area contributed by atoms with Crippen molar-refractivity contribution in [2.45, 2.75) is 19.3 Å². The summed E-state index contributed by atoms with van der Waals surface area (Å²) in [5.74, 6) is 1.76. The molecule has 1 saturated heterocycles. The SMILES string of the molecule is N#Cc1nc(-c2ccco2)oc1N1CCN(C(=O)C2CCC2)CC1. The highest BCUT2D eigenvalue weighted by Gasteiger charge is 2.32. The molecule has 1 aliphatic carbocycles. The second kappa shape index (κ2) is 6.04. The third kappa shape index (κ3) is 2.54. The van der Waals surface area contributed by atoms with Crippen LogP contribution in [0.15, 0.2) is 27.2 Å². The molecule has 0 N–H and O–H groups in total. The summed E-state index contributed by atoms with van der Waals surface area (Å²) in [5, 5.41) is 9.32. The van der Waals surface area contributed by atoms with Crippen molar-refractivity contribution < 1.29 is 13.6 Å². The predicted molar refractivity (Wildman–Crippen MR) is 85.1 cm³/mol. The number of oxazole rings is 1. The molecule has 1 aliphatic heterocycles. The quantitative estimate of drug-likeness (QED) is 0.860. The van der Waals surface area contributed by atoms with Crippen molar-refractivity contribution in [2.75, 3.05) is 31.1 Å². The number of furan rings is 1. The first-order valence-corrected chi connectivity index (χ1v) is 8.25. The van der Waals surface area contributed by atoms with Crippen molar-refractivity contribution in [3.63, 3.8) is 0 Å². The first-order valence-electron chi connectivity index (χ1n) is 8.25. The molecule has 0 aromatic carbocycles. The van der Waals surface area contributed by atoms with Gasteiger partial charge in [-0.3, -0.25) is 4.79 Å². The van der Waals surface area contributed by atoms with Crippen molar-refractivity contribution in [1.82, 2.24) is 9.88 Å². The Morgan fingerprint density at radius 1 is 1.29 bits per heavy atom. The minimum absolute atomic E-state index is 0.224. The Bertz CT molecular complexity index is 762. The number of carbonyl (C=O) groups is 1. The van der Waals surface area contributed by atoms with E-state index in [9.17, 15) is 10.1 Å². The van der Waals surface area contributed by atoms with Crippen LogP contribution in [0.25, 0.3) is 11.7 Å². The molecule has 7 heteroatoms. The summed E-state index contributed by atoms with van der Waals surface area (Å²) in [6.45, 7) is 2.58. The van der Waals surface area contributed by atoms with Gasteiger partial charge in [0.05, 0.1) is 6.26 Å². The van der Waals surface area contributed by atoms with Crippen molar-refractivity contribution in [3.05, 3.63) is 24.1 Å². The van der Waals surface area contributed by atoms with Crippen LogP contribution in [0.4, 0.5) is 5.88 Å². The van der Waals surface area contributed by atoms with Gasteiger partial charge in [-0.25, -0.2) is 0 Å². The van der Waals surface area contributed by atoms with E-state index < -0.39 is 0 Å². The Morgan fingerprint density at radius 2 is 2.08 bits per heavy atom. The lowest BCUT2D eigenvalue weighted by Gasteiger charge is -2.38. The number of amides is 1. The third-order valence-electron chi connectivity index (χ3n) is 4.78. The number of nitrogens with zero attached hydrogens (tertiary/aromatic N) is 4. The molecule has 3 heterocycles. The van der Waals surface area contributed by atoms with Crippen LogP contribution in [0.3, 0.4) is 0 Å². The van der Waals surface area contributed by atoms with Gasteiger partial charge in [-0.1, -0.05) is 6.42 Å². The number of hydrogen-bond donors (Lipinski definition) is 0. The minimum Gasteiger partial charge on any atom is -0.459 e. The highest BCUT2D eigenvalue weighted by Crippen LogP contribution is 2.31. The Morgan fingerprint density at radius 3 is 2.67 bits per heavy atom. The van der Waals surface area contributed by atoms with Gasteiger partial charge in [0.15, 0.2) is 5.76 Å². The lowest BCUT2D eigenvalue weighted by Crippen LogP contribution is -2.51. The molecule has 0 spiro atoms. The lowest BCUT2D eigenvalue weighted by atomic mass is 9.84. The number of hydrogen-bond acceptors (Lipinski definition) is 6. The van der Waals surface area contributed by atoms with Crippen LogP contribution in [0.2, 0.25) is 0 Å². The Kier molecular flexibility index (Phi) is 3.73. The number of anilines is 1. The van der Waals surface area contributed by atoms with E-state index in [2.05, 4.69) is 11.1 Å². The maximum Gasteiger partial charge on any atom is 0.266 e. The average Bonchev–Trinajstić information content (AvgIpc) is 3.22. The normalized spacial score (nSPS) is 18.3. The van der Waals surface area contributed by atoms with Crippen LogP contribution < -0.4 is 4.90 Å². The fraction of sp³-hybridized carbons (Fsp3) is 0.471. The molecule has 124 valence electrons. The van der Waals surface area contributed by atoms with Gasteiger partial charge in [0.2, 0.25) is 17.5 Å². The highest BCUT2D eigenvalue weighted by molar-refractivity contribution is 5.80. The zero-order chi connectivity index (χ0) is 16.5. The number of piperazine rings is 1. The minimum atomic E-state index is 0.224. The molecular formula is C17H18N4O3. The van der Waals surface area contributed by atoms with E-state index in [1.54, 1.807) is 12.1 Å². The topological polar surface area (TPSA) is 86.5 Å². The van der Waals surface area contributed by atoms with Crippen molar-refractivity contribution in [1.29, 1.82) is 5.26 Å². The number of rotatable bonds is 3. The van der Waals surface area contributed by atoms with E-state index in [-0.39, 0.29) is 17.5 Å². The van der Waals surface area contributed by atoms with Crippen LogP contribution in [0.5, 0.6) is 0 Å². The largest absolute Gasteiger partial charge is 0.459 e. The number of nitriles is 1. The molecular weight excluding hydrogens is 308 g/mol. The summed E-state index contributed by atoms with van der Waals surface area (Å²) in [6.07, 6.45) is 4.74. The van der Waals surface area contributed by atoms with Crippen molar-refractivity contribution in [3.8, 4) is 17.7 Å². The molecule has 1 amide bonds. The predicted octanol–water partition coefficient (Wildman–Crippen LogP) is 2.25. The molecule has 4 rings (SSSR count). The van der Waals surface area contributed by atoms with E-state index in [1.165, 1.54) is 6.26 Å². The first kappa shape index (κ1) is 14.8. The Hall–Kier alpha value is -2.75. The summed E-state index contributed by atoms with van der Waals surface area (Å²) in [4.78, 5) is 20.4. The van der Waals surface area contributed by atoms with Gasteiger partial charge in [-0.05, 0) is 25.0 Å². The summed E-state index contributed by atoms with van der Waals surface area (Å²) < 4.78 is 11.0. The fourth-order valence-electron chi connectivity index (χ4n) is 3.15. The van der Waals surface area contributed by atoms with E-state index in [0.717, 1.165) is 19.3 Å². The Balaban J connectivity index is 1.47. The average molecular weight is 326 g/mol. The van der Waals surface area contributed by atoms with E-state index in [1.807, 2.05) is 9.80 Å². The van der Waals surface area contributed by atoms with E-state index in [0.29, 0.717) is 43.7 Å². The highest BCUT2D eigenvalue weighted by atomic mass is 16.4. The molecule has 2 aliphatic rings. The van der Waals surface area contributed by atoms with Crippen LogP contribution in [0.1, 0.15) is 25.0 Å². The van der Waals surface area contributed by atoms with Gasteiger partial charge >= 0.3 is 0 Å². The third-order valence-corrected chi connectivity index (χ3v) is 4.78. The smallest absolute Gasteiger partial charge is 0.266 e. The zero-order valence-electron chi connectivity index (χ0n) is 13.3. The first-order chi connectivity index (χ1) is 11.8. The van der Waals surface area contributed by atoms with Gasteiger partial charge < -0.3 is 18.6 Å². The summed E-state index contributed by atoms with van der Waals surface area (Å²) >= 11 is 0. The monoisotopic (exact) mass is 326 g/mol. The molecule has 0 radical (unpaired) electrons. The van der Waals surface area contributed by atoms with Gasteiger partial charge in [-0.15, -0.1) is 0 Å². The molecule has 0 bridgehead atoms. The molecule has 0 atom stereocenters. The zero-order valence-corrected chi connectivity index (χ0v) is 13.3. The standard InChI is InChI=1S/C17H18N4O3/c18-11-13-17(24-15(19-13)14-5-2-10-23-14)21-8-6-20(7-9-21)16(22)12-3-1-4-12/h2,5,10,12H,1,3-4,6-9H2. The van der Waals surface area contributed by atoms with Crippen LogP contribution >= 0.6 is 0 Å². The van der Waals surface area contributed by atoms with E-state index >= 15 is 0 Å². The summed E-state index contributed by atoms with van der Waals surface area (Å²) in [5.41, 5.74) is 0.250. The van der Waals surface area contributed by atoms with Gasteiger partial charge in [-0.2, -0.15) is 10.2 Å². The number of aromatic nitrogens is 1. The van der Waals surface area contributed by atoms with Gasteiger partial charge in [0, 0.05) is 32.1 Å². The number of carbonyl (C=O) groups excluding carboxylic acids is 1. The summed E-state index contributed by atoms with van der Waals surface area (Å²) in [6, 6.07) is 5.57. The maximum atomic E-state index is 12.3. The molecule has 2 aromatic heterocycles. The van der Waals surface area contributed by atoms with Gasteiger partial charge in [0.25, 0.3) is 5.89 Å². The van der Waals surface area contributed by atoms with Crippen molar-refractivity contribution in [2.24, 2.45) is 5.92 Å². The molecule has 24 heavy (non-hydrogen) atoms. The second-order valence-corrected chi connectivity index (χ2v) is 6.20. The molecule has 7 nitrogen and oxygen atoms in total. The summed E-state index contributed by atoms with van der Waals surface area (Å²) in [7, 11) is 0. The van der Waals surface area contributed by atoms with Gasteiger partial charge in [0.1, 0.15) is 6.07 Å². The van der Waals surface area contributed by atoms with E-state index in [4.69, 9.17) is 8.83 Å². The lowest BCUT2D eigenvalue weighted by molar-refractivity contribution is -0.138. The Labute approximate surface area is 139 Å².